The first-order valence-electron chi connectivity index (χ1n) is 7.19. The molecule has 10 heteroatoms. The summed E-state index contributed by atoms with van der Waals surface area (Å²) in [4.78, 5) is 13.6. The quantitative estimate of drug-likeness (QED) is 0.732. The van der Waals surface area contributed by atoms with Gasteiger partial charge >= 0.3 is 0 Å². The highest BCUT2D eigenvalue weighted by Crippen LogP contribution is 2.22. The fraction of sp³-hybridized carbons (Fsp3) is 0.500. The van der Waals surface area contributed by atoms with Crippen LogP contribution < -0.4 is 4.31 Å². The van der Waals surface area contributed by atoms with Gasteiger partial charge in [-0.3, -0.25) is 9.10 Å². The van der Waals surface area contributed by atoms with E-state index in [-0.39, 0.29) is 17.2 Å². The molecule has 0 spiro atoms. The van der Waals surface area contributed by atoms with E-state index in [4.69, 9.17) is 0 Å². The van der Waals surface area contributed by atoms with Crippen LogP contribution in [0.5, 0.6) is 0 Å². The van der Waals surface area contributed by atoms with Gasteiger partial charge in [-0.2, -0.15) is 0 Å². The number of rotatable bonds is 5. The summed E-state index contributed by atoms with van der Waals surface area (Å²) < 4.78 is 61.6. The Morgan fingerprint density at radius 2 is 1.96 bits per heavy atom. The Morgan fingerprint density at radius 3 is 2.46 bits per heavy atom. The Kier molecular flexibility index (Phi) is 5.19. The third-order valence-electron chi connectivity index (χ3n) is 3.95. The number of halogens is 1. The largest absolute Gasteiger partial charge is 0.340 e. The number of para-hydroxylation sites is 1. The van der Waals surface area contributed by atoms with Crippen molar-refractivity contribution in [1.82, 2.24) is 4.90 Å². The lowest BCUT2D eigenvalue weighted by molar-refractivity contribution is -0.129. The number of carbonyl (C=O) groups excluding carboxylic acids is 1. The zero-order valence-electron chi connectivity index (χ0n) is 13.3. The molecular weight excluding hydrogens is 359 g/mol. The number of amides is 1. The Morgan fingerprint density at radius 1 is 1.33 bits per heavy atom. The number of likely N-dealkylation sites (N-methyl/N-ethyl adjacent to an activating group) is 1. The molecule has 1 atom stereocenters. The van der Waals surface area contributed by atoms with Gasteiger partial charge in [0.05, 0.1) is 23.4 Å². The molecule has 0 aliphatic carbocycles. The monoisotopic (exact) mass is 378 g/mol. The summed E-state index contributed by atoms with van der Waals surface area (Å²) in [7, 11) is -5.64. The minimum atomic E-state index is -3.89. The first kappa shape index (κ1) is 18.7. The lowest BCUT2D eigenvalue weighted by Crippen LogP contribution is -2.45. The summed E-state index contributed by atoms with van der Waals surface area (Å²) >= 11 is 0. The molecule has 1 aromatic carbocycles. The minimum Gasteiger partial charge on any atom is -0.340 e. The molecule has 1 aromatic rings. The molecule has 1 fully saturated rings. The first-order valence-corrected chi connectivity index (χ1v) is 10.9. The van der Waals surface area contributed by atoms with Crippen molar-refractivity contribution in [2.75, 3.05) is 35.7 Å². The van der Waals surface area contributed by atoms with E-state index >= 15 is 0 Å². The second-order valence-electron chi connectivity index (χ2n) is 5.78. The standard InChI is InChI=1S/C14H19FN2O5S2/c1-16(11-7-8-24(21,22)10-11)14(18)9-17(23(2,19)20)13-6-4-3-5-12(13)15/h3-6,11H,7-10H2,1-2H3. The average molecular weight is 378 g/mol. The summed E-state index contributed by atoms with van der Waals surface area (Å²) in [6, 6.07) is 4.75. The number of carbonyl (C=O) groups is 1. The van der Waals surface area contributed by atoms with E-state index < -0.39 is 44.2 Å². The highest BCUT2D eigenvalue weighted by Gasteiger charge is 2.34. The van der Waals surface area contributed by atoms with Gasteiger partial charge in [0, 0.05) is 13.1 Å². The molecule has 1 aliphatic heterocycles. The lowest BCUT2D eigenvalue weighted by Gasteiger charge is -2.28. The molecule has 0 radical (unpaired) electrons. The van der Waals surface area contributed by atoms with Crippen molar-refractivity contribution in [3.8, 4) is 0 Å². The highest BCUT2D eigenvalue weighted by molar-refractivity contribution is 7.92. The van der Waals surface area contributed by atoms with Crippen LogP contribution in [0.15, 0.2) is 24.3 Å². The van der Waals surface area contributed by atoms with E-state index in [0.717, 1.165) is 12.3 Å². The fourth-order valence-electron chi connectivity index (χ4n) is 2.55. The van der Waals surface area contributed by atoms with Crippen molar-refractivity contribution in [2.24, 2.45) is 0 Å². The second-order valence-corrected chi connectivity index (χ2v) is 9.92. The van der Waals surface area contributed by atoms with Crippen LogP contribution in [0.1, 0.15) is 6.42 Å². The lowest BCUT2D eigenvalue weighted by atomic mass is 10.2. The van der Waals surface area contributed by atoms with Gasteiger partial charge in [0.15, 0.2) is 9.84 Å². The molecule has 1 aliphatic rings. The molecule has 2 rings (SSSR count). The fourth-order valence-corrected chi connectivity index (χ4v) is 5.18. The zero-order valence-corrected chi connectivity index (χ0v) is 15.0. The van der Waals surface area contributed by atoms with E-state index in [1.54, 1.807) is 0 Å². The van der Waals surface area contributed by atoms with Crippen molar-refractivity contribution >= 4 is 31.5 Å². The van der Waals surface area contributed by atoms with Gasteiger partial charge in [-0.15, -0.1) is 0 Å². The molecule has 1 saturated heterocycles. The van der Waals surface area contributed by atoms with Gasteiger partial charge in [-0.1, -0.05) is 12.1 Å². The predicted molar refractivity (Wildman–Crippen MR) is 88.4 cm³/mol. The van der Waals surface area contributed by atoms with Crippen LogP contribution in [-0.2, 0) is 24.7 Å². The SMILES string of the molecule is CN(C(=O)CN(c1ccccc1F)S(C)(=O)=O)C1CCS(=O)(=O)C1. The number of hydrogen-bond donors (Lipinski definition) is 0. The van der Waals surface area contributed by atoms with Gasteiger partial charge < -0.3 is 4.90 Å². The van der Waals surface area contributed by atoms with Crippen LogP contribution in [0.2, 0.25) is 0 Å². The van der Waals surface area contributed by atoms with Gasteiger partial charge in [-0.25, -0.2) is 21.2 Å². The summed E-state index contributed by atoms with van der Waals surface area (Å²) in [5.41, 5.74) is -0.221. The summed E-state index contributed by atoms with van der Waals surface area (Å²) in [6.07, 6.45) is 1.19. The number of hydrogen-bond acceptors (Lipinski definition) is 5. The Bertz CT molecular complexity index is 838. The Balaban J connectivity index is 2.22. The maximum atomic E-state index is 13.9. The molecule has 1 heterocycles. The number of sulfonamides is 1. The van der Waals surface area contributed by atoms with Crippen molar-refractivity contribution in [3.05, 3.63) is 30.1 Å². The van der Waals surface area contributed by atoms with E-state index in [1.165, 1.54) is 30.1 Å². The normalized spacial score (nSPS) is 19.9. The number of nitrogens with zero attached hydrogens (tertiary/aromatic N) is 2. The molecule has 7 nitrogen and oxygen atoms in total. The number of anilines is 1. The topological polar surface area (TPSA) is 91.8 Å². The van der Waals surface area contributed by atoms with Gasteiger partial charge in [0.2, 0.25) is 15.9 Å². The van der Waals surface area contributed by atoms with Crippen LogP contribution >= 0.6 is 0 Å². The number of benzene rings is 1. The molecular formula is C14H19FN2O5S2. The zero-order chi connectivity index (χ0) is 18.1. The summed E-state index contributed by atoms with van der Waals surface area (Å²) in [5.74, 6) is -1.50. The molecule has 134 valence electrons. The van der Waals surface area contributed by atoms with Crippen molar-refractivity contribution in [1.29, 1.82) is 0 Å². The molecule has 0 aromatic heterocycles. The summed E-state index contributed by atoms with van der Waals surface area (Å²) in [5, 5.41) is 0. The third-order valence-corrected chi connectivity index (χ3v) is 6.83. The highest BCUT2D eigenvalue weighted by atomic mass is 32.2. The van der Waals surface area contributed by atoms with E-state index in [9.17, 15) is 26.0 Å². The third kappa shape index (κ3) is 4.23. The molecule has 0 N–H and O–H groups in total. The molecule has 1 amide bonds. The first-order chi connectivity index (χ1) is 11.0. The smallest absolute Gasteiger partial charge is 0.243 e. The van der Waals surface area contributed by atoms with Crippen molar-refractivity contribution in [3.63, 3.8) is 0 Å². The van der Waals surface area contributed by atoms with Gasteiger partial charge in [0.1, 0.15) is 12.4 Å². The summed E-state index contributed by atoms with van der Waals surface area (Å²) in [6.45, 7) is -0.590. The predicted octanol–water partition coefficient (Wildman–Crippen LogP) is 0.237. The van der Waals surface area contributed by atoms with Crippen LogP contribution in [0.3, 0.4) is 0 Å². The molecule has 0 saturated carbocycles. The Labute approximate surface area is 141 Å². The molecule has 0 bridgehead atoms. The van der Waals surface area contributed by atoms with Crippen LogP contribution in [0, 0.1) is 5.82 Å². The van der Waals surface area contributed by atoms with Crippen molar-refractivity contribution in [2.45, 2.75) is 12.5 Å². The maximum Gasteiger partial charge on any atom is 0.243 e. The van der Waals surface area contributed by atoms with Crippen molar-refractivity contribution < 1.29 is 26.0 Å². The Hall–Kier alpha value is -1.68. The van der Waals surface area contributed by atoms with Crippen LogP contribution in [-0.4, -0.2) is 65.0 Å². The van der Waals surface area contributed by atoms with Gasteiger partial charge in [0.25, 0.3) is 0 Å². The second kappa shape index (κ2) is 6.67. The van der Waals surface area contributed by atoms with Crippen LogP contribution in [0.25, 0.3) is 0 Å². The number of sulfone groups is 1. The molecule has 1 unspecified atom stereocenters. The minimum absolute atomic E-state index is 0.00160. The van der Waals surface area contributed by atoms with Gasteiger partial charge in [-0.05, 0) is 18.6 Å². The average Bonchev–Trinajstić information content (AvgIpc) is 2.83. The maximum absolute atomic E-state index is 13.9. The molecule has 24 heavy (non-hydrogen) atoms. The van der Waals surface area contributed by atoms with E-state index in [2.05, 4.69) is 0 Å². The van der Waals surface area contributed by atoms with Crippen LogP contribution in [0.4, 0.5) is 10.1 Å². The van der Waals surface area contributed by atoms with E-state index in [0.29, 0.717) is 10.7 Å². The van der Waals surface area contributed by atoms with E-state index in [1.807, 2.05) is 0 Å².